The van der Waals surface area contributed by atoms with Crippen LogP contribution in [0.2, 0.25) is 0 Å². The van der Waals surface area contributed by atoms with Crippen LogP contribution >= 0.6 is 0 Å². The quantitative estimate of drug-likeness (QED) is 0.555. The lowest BCUT2D eigenvalue weighted by Gasteiger charge is -2.30. The lowest BCUT2D eigenvalue weighted by Crippen LogP contribution is -2.27. The molecule has 0 aliphatic heterocycles. The number of hydrogen-bond donors (Lipinski definition) is 2. The molecule has 1 heterocycles. The van der Waals surface area contributed by atoms with E-state index < -0.39 is 34.7 Å². The van der Waals surface area contributed by atoms with Crippen molar-refractivity contribution in [2.75, 3.05) is 6.61 Å². The lowest BCUT2D eigenvalue weighted by atomic mass is 9.75. The number of halogens is 3. The molecule has 1 aliphatic carbocycles. The van der Waals surface area contributed by atoms with Gasteiger partial charge < -0.3 is 14.9 Å². The van der Waals surface area contributed by atoms with E-state index in [2.05, 4.69) is 9.97 Å². The molecule has 0 atom stereocenters. The van der Waals surface area contributed by atoms with Gasteiger partial charge >= 0.3 is 12.1 Å². The van der Waals surface area contributed by atoms with E-state index in [1.165, 1.54) is 6.07 Å². The molecular weight excluding hydrogens is 413 g/mol. The van der Waals surface area contributed by atoms with Gasteiger partial charge in [0.2, 0.25) is 5.75 Å². The Bertz CT molecular complexity index is 941. The SMILES string of the molecule is CCCCOc1c(O)nc(CC2(c3cccc(C(F)(F)F)c3)CCCC2)nc1C(=O)O. The number of aromatic nitrogens is 2. The summed E-state index contributed by atoms with van der Waals surface area (Å²) in [5, 5.41) is 19.8. The fourth-order valence-electron chi connectivity index (χ4n) is 4.11. The van der Waals surface area contributed by atoms with Crippen molar-refractivity contribution in [1.82, 2.24) is 9.97 Å². The van der Waals surface area contributed by atoms with Crippen LogP contribution in [0.25, 0.3) is 0 Å². The number of hydrogen-bond acceptors (Lipinski definition) is 5. The van der Waals surface area contributed by atoms with Gasteiger partial charge in [-0.2, -0.15) is 18.2 Å². The van der Waals surface area contributed by atoms with Gasteiger partial charge in [0.15, 0.2) is 5.69 Å². The molecule has 0 spiro atoms. The van der Waals surface area contributed by atoms with E-state index >= 15 is 0 Å². The summed E-state index contributed by atoms with van der Waals surface area (Å²) in [6.45, 7) is 2.15. The Labute approximate surface area is 178 Å². The maximum atomic E-state index is 13.2. The number of rotatable bonds is 8. The molecule has 168 valence electrons. The second-order valence-electron chi connectivity index (χ2n) is 7.89. The summed E-state index contributed by atoms with van der Waals surface area (Å²) in [6.07, 6.45) is 0.0417. The number of unbranched alkanes of at least 4 members (excludes halogenated alkanes) is 1. The van der Waals surface area contributed by atoms with Crippen molar-refractivity contribution in [2.45, 2.75) is 63.5 Å². The van der Waals surface area contributed by atoms with Crippen molar-refractivity contribution >= 4 is 5.97 Å². The van der Waals surface area contributed by atoms with Crippen molar-refractivity contribution in [3.63, 3.8) is 0 Å². The molecule has 0 bridgehead atoms. The van der Waals surface area contributed by atoms with Crippen molar-refractivity contribution in [1.29, 1.82) is 0 Å². The third kappa shape index (κ3) is 5.08. The van der Waals surface area contributed by atoms with Crippen LogP contribution in [0.3, 0.4) is 0 Å². The minimum absolute atomic E-state index is 0.0667. The van der Waals surface area contributed by atoms with Gasteiger partial charge in [-0.05, 0) is 30.9 Å². The van der Waals surface area contributed by atoms with Crippen LogP contribution in [0.5, 0.6) is 11.6 Å². The van der Waals surface area contributed by atoms with Crippen molar-refractivity contribution in [3.8, 4) is 11.6 Å². The molecule has 1 aliphatic rings. The summed E-state index contributed by atoms with van der Waals surface area (Å²) in [5.41, 5.74) is -1.32. The van der Waals surface area contributed by atoms with Gasteiger partial charge in [-0.1, -0.05) is 44.4 Å². The molecular formula is C22H25F3N2O4. The monoisotopic (exact) mass is 438 g/mol. The highest BCUT2D eigenvalue weighted by Crippen LogP contribution is 2.45. The molecule has 0 unspecified atom stereocenters. The van der Waals surface area contributed by atoms with Crippen molar-refractivity contribution < 1.29 is 32.9 Å². The van der Waals surface area contributed by atoms with Gasteiger partial charge in [0.25, 0.3) is 5.88 Å². The van der Waals surface area contributed by atoms with Crippen LogP contribution < -0.4 is 4.74 Å². The lowest BCUT2D eigenvalue weighted by molar-refractivity contribution is -0.137. The number of carbonyl (C=O) groups is 1. The predicted molar refractivity (Wildman–Crippen MR) is 106 cm³/mol. The Kier molecular flexibility index (Phi) is 6.71. The first-order chi connectivity index (χ1) is 14.7. The summed E-state index contributed by atoms with van der Waals surface area (Å²) in [7, 11) is 0. The highest BCUT2D eigenvalue weighted by Gasteiger charge is 2.39. The topological polar surface area (TPSA) is 92.5 Å². The molecule has 0 saturated heterocycles. The van der Waals surface area contributed by atoms with Crippen LogP contribution in [0, 0.1) is 0 Å². The third-order valence-corrected chi connectivity index (χ3v) is 5.70. The number of ether oxygens (including phenoxy) is 1. The van der Waals surface area contributed by atoms with Gasteiger partial charge in [0.05, 0.1) is 12.2 Å². The van der Waals surface area contributed by atoms with Gasteiger partial charge in [0, 0.05) is 11.8 Å². The number of benzene rings is 1. The minimum Gasteiger partial charge on any atom is -0.491 e. The fourth-order valence-corrected chi connectivity index (χ4v) is 4.11. The van der Waals surface area contributed by atoms with Crippen LogP contribution in [0.4, 0.5) is 13.2 Å². The van der Waals surface area contributed by atoms with Gasteiger partial charge in [-0.3, -0.25) is 0 Å². The summed E-state index contributed by atoms with van der Waals surface area (Å²) in [4.78, 5) is 19.8. The van der Waals surface area contributed by atoms with Crippen molar-refractivity contribution in [3.05, 3.63) is 46.9 Å². The number of carboxylic acid groups (broad SMARTS) is 1. The number of aromatic hydroxyl groups is 1. The smallest absolute Gasteiger partial charge is 0.416 e. The van der Waals surface area contributed by atoms with E-state index in [1.807, 2.05) is 6.92 Å². The van der Waals surface area contributed by atoms with Crippen molar-refractivity contribution in [2.24, 2.45) is 0 Å². The Morgan fingerprint density at radius 1 is 1.23 bits per heavy atom. The standard InChI is InChI=1S/C22H25F3N2O4/c1-2-3-11-31-18-17(20(29)30)26-16(27-19(18)28)13-21(9-4-5-10-21)14-7-6-8-15(12-14)22(23,24)25/h6-8,12H,2-5,9-11,13H2,1H3,(H,29,30)(H,26,27,28). The molecule has 1 aromatic heterocycles. The summed E-state index contributed by atoms with van der Waals surface area (Å²) in [6, 6.07) is 5.20. The predicted octanol–water partition coefficient (Wildman–Crippen LogP) is 5.13. The first kappa shape index (κ1) is 22.8. The Balaban J connectivity index is 1.98. The average Bonchev–Trinajstić information content (AvgIpc) is 3.18. The third-order valence-electron chi connectivity index (χ3n) is 5.70. The van der Waals surface area contributed by atoms with Crippen LogP contribution in [0.15, 0.2) is 24.3 Å². The fraction of sp³-hybridized carbons (Fsp3) is 0.500. The molecule has 1 aromatic carbocycles. The van der Waals surface area contributed by atoms with Crippen LogP contribution in [-0.4, -0.2) is 32.8 Å². The second kappa shape index (κ2) is 9.11. The molecule has 0 amide bonds. The normalized spacial score (nSPS) is 15.7. The van der Waals surface area contributed by atoms with E-state index in [1.54, 1.807) is 6.07 Å². The van der Waals surface area contributed by atoms with Crippen LogP contribution in [0.1, 0.15) is 72.9 Å². The second-order valence-corrected chi connectivity index (χ2v) is 7.89. The van der Waals surface area contributed by atoms with E-state index in [-0.39, 0.29) is 24.6 Å². The van der Waals surface area contributed by atoms with E-state index in [0.717, 1.165) is 31.4 Å². The van der Waals surface area contributed by atoms with Gasteiger partial charge in [-0.15, -0.1) is 0 Å². The highest BCUT2D eigenvalue weighted by atomic mass is 19.4. The summed E-state index contributed by atoms with van der Waals surface area (Å²) in [5.74, 6) is -2.16. The summed E-state index contributed by atoms with van der Waals surface area (Å²) >= 11 is 0. The molecule has 9 heteroatoms. The first-order valence-corrected chi connectivity index (χ1v) is 10.3. The molecule has 31 heavy (non-hydrogen) atoms. The maximum Gasteiger partial charge on any atom is 0.416 e. The largest absolute Gasteiger partial charge is 0.491 e. The summed E-state index contributed by atoms with van der Waals surface area (Å²) < 4.78 is 45.1. The molecule has 6 nitrogen and oxygen atoms in total. The Morgan fingerprint density at radius 2 is 1.94 bits per heavy atom. The number of carboxylic acids is 1. The van der Waals surface area contributed by atoms with Gasteiger partial charge in [0.1, 0.15) is 5.82 Å². The Morgan fingerprint density at radius 3 is 2.55 bits per heavy atom. The maximum absolute atomic E-state index is 13.2. The minimum atomic E-state index is -4.46. The number of nitrogens with zero attached hydrogens (tertiary/aromatic N) is 2. The zero-order valence-electron chi connectivity index (χ0n) is 17.2. The highest BCUT2D eigenvalue weighted by molar-refractivity contribution is 5.89. The zero-order chi connectivity index (χ0) is 22.6. The molecule has 3 rings (SSSR count). The molecule has 1 fully saturated rings. The van der Waals surface area contributed by atoms with E-state index in [0.29, 0.717) is 24.8 Å². The zero-order valence-corrected chi connectivity index (χ0v) is 17.2. The molecule has 2 aromatic rings. The average molecular weight is 438 g/mol. The van der Waals surface area contributed by atoms with E-state index in [9.17, 15) is 28.2 Å². The number of alkyl halides is 3. The first-order valence-electron chi connectivity index (χ1n) is 10.3. The van der Waals surface area contributed by atoms with E-state index in [4.69, 9.17) is 4.74 Å². The Hall–Kier alpha value is -2.84. The molecule has 0 radical (unpaired) electrons. The van der Waals surface area contributed by atoms with Crippen LogP contribution in [-0.2, 0) is 18.0 Å². The molecule has 2 N–H and O–H groups in total. The number of aromatic carboxylic acids is 1. The van der Waals surface area contributed by atoms with Gasteiger partial charge in [-0.25, -0.2) is 9.78 Å². The molecule has 1 saturated carbocycles.